The van der Waals surface area contributed by atoms with Crippen LogP contribution in [0.1, 0.15) is 18.9 Å². The van der Waals surface area contributed by atoms with Gasteiger partial charge in [0.1, 0.15) is 0 Å². The first-order valence-corrected chi connectivity index (χ1v) is 5.43. The highest BCUT2D eigenvalue weighted by molar-refractivity contribution is 6.32. The Labute approximate surface area is 104 Å². The van der Waals surface area contributed by atoms with Gasteiger partial charge in [0.2, 0.25) is 5.96 Å². The molecule has 0 aliphatic carbocycles. The summed E-state index contributed by atoms with van der Waals surface area (Å²) in [7, 11) is 0. The minimum atomic E-state index is -0.292. The maximum atomic E-state index is 7.27. The molecule has 1 heterocycles. The Morgan fingerprint density at radius 1 is 1.76 bits per heavy atom. The molecule has 0 aliphatic heterocycles. The van der Waals surface area contributed by atoms with Crippen molar-refractivity contribution in [3.63, 3.8) is 0 Å². The van der Waals surface area contributed by atoms with Gasteiger partial charge < -0.3 is 5.73 Å². The van der Waals surface area contributed by atoms with Crippen LogP contribution in [0.4, 0.5) is 0 Å². The first-order chi connectivity index (χ1) is 8.15. The number of aromatic nitrogens is 1. The maximum absolute atomic E-state index is 7.27. The van der Waals surface area contributed by atoms with E-state index in [1.807, 2.05) is 6.92 Å². The largest absolute Gasteiger partial charge is 0.367 e. The number of hydroxylamine groups is 1. The topological polar surface area (TPSA) is 87.6 Å². The first kappa shape index (κ1) is 13.4. The zero-order valence-electron chi connectivity index (χ0n) is 9.43. The Morgan fingerprint density at radius 3 is 3.12 bits per heavy atom. The van der Waals surface area contributed by atoms with Gasteiger partial charge in [-0.3, -0.25) is 10.4 Å². The molecule has 0 aromatic carbocycles. The molecule has 0 fully saturated rings. The Balaban J connectivity index is 2.72. The monoisotopic (exact) mass is 255 g/mol. The lowest BCUT2D eigenvalue weighted by Gasteiger charge is -2.14. The first-order valence-electron chi connectivity index (χ1n) is 5.05. The minimum absolute atomic E-state index is 0.292. The van der Waals surface area contributed by atoms with Crippen LogP contribution in [0.5, 0.6) is 0 Å². The molecule has 17 heavy (non-hydrogen) atoms. The van der Waals surface area contributed by atoms with E-state index in [0.717, 1.165) is 11.6 Å². The second-order valence-corrected chi connectivity index (χ2v) is 3.54. The smallest absolute Gasteiger partial charge is 0.236 e. The molecule has 1 aromatic rings. The van der Waals surface area contributed by atoms with Crippen molar-refractivity contribution >= 4 is 23.8 Å². The molecule has 0 bridgehead atoms. The van der Waals surface area contributed by atoms with Gasteiger partial charge in [-0.1, -0.05) is 18.5 Å². The van der Waals surface area contributed by atoms with Crippen LogP contribution >= 0.6 is 11.6 Å². The summed E-state index contributed by atoms with van der Waals surface area (Å²) in [5.41, 5.74) is 5.98. The van der Waals surface area contributed by atoms with Crippen LogP contribution in [-0.2, 0) is 4.84 Å². The van der Waals surface area contributed by atoms with Crippen LogP contribution in [0.15, 0.2) is 23.6 Å². The molecule has 6 nitrogen and oxygen atoms in total. The molecule has 0 unspecified atom stereocenters. The predicted octanol–water partition coefficient (Wildman–Crippen LogP) is 1.61. The van der Waals surface area contributed by atoms with E-state index in [1.165, 1.54) is 12.4 Å². The van der Waals surface area contributed by atoms with Crippen LogP contribution in [-0.4, -0.2) is 28.9 Å². The molecule has 0 aliphatic rings. The highest BCUT2D eigenvalue weighted by atomic mass is 35.5. The van der Waals surface area contributed by atoms with Crippen molar-refractivity contribution in [2.24, 2.45) is 10.8 Å². The molecule has 0 saturated carbocycles. The molecule has 1 aromatic heterocycles. The van der Waals surface area contributed by atoms with Gasteiger partial charge >= 0.3 is 0 Å². The number of nitrogens with one attached hydrogen (secondary N) is 1. The second-order valence-electron chi connectivity index (χ2n) is 3.13. The van der Waals surface area contributed by atoms with Crippen molar-refractivity contribution in [3.05, 3.63) is 29.0 Å². The normalized spacial score (nSPS) is 10.7. The summed E-state index contributed by atoms with van der Waals surface area (Å²) in [6.07, 6.45) is 5.36. The quantitative estimate of drug-likeness (QED) is 0.475. The number of rotatable bonds is 5. The molecule has 0 spiro atoms. The van der Waals surface area contributed by atoms with Gasteiger partial charge in [0, 0.05) is 18.0 Å². The summed E-state index contributed by atoms with van der Waals surface area (Å²) >= 11 is 5.89. The predicted molar refractivity (Wildman–Crippen MR) is 66.8 cm³/mol. The summed E-state index contributed by atoms with van der Waals surface area (Å²) in [6.45, 7) is 2.38. The zero-order chi connectivity index (χ0) is 12.7. The third-order valence-electron chi connectivity index (χ3n) is 1.73. The Hall–Kier alpha value is -1.66. The van der Waals surface area contributed by atoms with E-state index in [1.54, 1.807) is 12.3 Å². The molecule has 1 rings (SSSR count). The summed E-state index contributed by atoms with van der Waals surface area (Å²) < 4.78 is 0. The summed E-state index contributed by atoms with van der Waals surface area (Å²) in [6, 6.07) is 1.70. The van der Waals surface area contributed by atoms with Crippen LogP contribution in [0.25, 0.3) is 0 Å². The number of guanidine groups is 1. The van der Waals surface area contributed by atoms with Gasteiger partial charge in [0.05, 0.1) is 17.8 Å². The third kappa shape index (κ3) is 4.38. The number of pyridine rings is 1. The van der Waals surface area contributed by atoms with Gasteiger partial charge in [-0.25, -0.2) is 4.84 Å². The molecule has 92 valence electrons. The molecular formula is C10H14ClN5O. The molecule has 0 radical (unpaired) electrons. The fraction of sp³-hybridized carbons (Fsp3) is 0.300. The number of nitrogens with two attached hydrogens (primary N) is 1. The Bertz CT molecular complexity index is 409. The highest BCUT2D eigenvalue weighted by Crippen LogP contribution is 2.10. The van der Waals surface area contributed by atoms with E-state index in [9.17, 15) is 0 Å². The van der Waals surface area contributed by atoms with Gasteiger partial charge in [-0.15, -0.1) is 5.17 Å². The molecular weight excluding hydrogens is 242 g/mol. The van der Waals surface area contributed by atoms with E-state index >= 15 is 0 Å². The van der Waals surface area contributed by atoms with Gasteiger partial charge in [-0.05, 0) is 12.5 Å². The minimum Gasteiger partial charge on any atom is -0.367 e. The number of nitrogens with zero attached hydrogens (tertiary/aromatic N) is 3. The molecule has 0 atom stereocenters. The fourth-order valence-corrected chi connectivity index (χ4v) is 1.12. The lowest BCUT2D eigenvalue weighted by Crippen LogP contribution is -2.32. The van der Waals surface area contributed by atoms with Crippen molar-refractivity contribution in [2.75, 3.05) is 6.61 Å². The number of hydrogen-bond donors (Lipinski definition) is 2. The van der Waals surface area contributed by atoms with E-state index in [-0.39, 0.29) is 5.96 Å². The highest BCUT2D eigenvalue weighted by Gasteiger charge is 2.04. The van der Waals surface area contributed by atoms with E-state index in [0.29, 0.717) is 17.2 Å². The number of hydrazone groups is 1. The fourth-order valence-electron chi connectivity index (χ4n) is 0.948. The third-order valence-corrected chi connectivity index (χ3v) is 2.05. The molecule has 0 saturated heterocycles. The van der Waals surface area contributed by atoms with Crippen molar-refractivity contribution in [2.45, 2.75) is 13.3 Å². The maximum Gasteiger partial charge on any atom is 0.236 e. The van der Waals surface area contributed by atoms with Crippen LogP contribution in [0, 0.1) is 5.41 Å². The SMILES string of the molecule is CCCON(/N=C/c1ccncc1Cl)C(=N)N. The number of halogens is 1. The van der Waals surface area contributed by atoms with Crippen molar-refractivity contribution in [1.29, 1.82) is 5.41 Å². The molecule has 0 amide bonds. The average Bonchev–Trinajstić information content (AvgIpc) is 2.31. The lowest BCUT2D eigenvalue weighted by molar-refractivity contribution is -0.0995. The van der Waals surface area contributed by atoms with Crippen LogP contribution in [0.3, 0.4) is 0 Å². The van der Waals surface area contributed by atoms with E-state index in [2.05, 4.69) is 10.1 Å². The molecule has 7 heteroatoms. The van der Waals surface area contributed by atoms with E-state index < -0.39 is 0 Å². The van der Waals surface area contributed by atoms with Gasteiger partial charge in [0.25, 0.3) is 0 Å². The summed E-state index contributed by atoms with van der Waals surface area (Å²) in [5.74, 6) is -0.292. The summed E-state index contributed by atoms with van der Waals surface area (Å²) in [5, 5.41) is 12.6. The van der Waals surface area contributed by atoms with Crippen molar-refractivity contribution in [3.8, 4) is 0 Å². The summed E-state index contributed by atoms with van der Waals surface area (Å²) in [4.78, 5) is 8.99. The second kappa shape index (κ2) is 6.82. The lowest BCUT2D eigenvalue weighted by atomic mass is 10.3. The van der Waals surface area contributed by atoms with E-state index in [4.69, 9.17) is 27.6 Å². The van der Waals surface area contributed by atoms with Gasteiger partial charge in [0.15, 0.2) is 0 Å². The van der Waals surface area contributed by atoms with Crippen molar-refractivity contribution < 1.29 is 4.84 Å². The zero-order valence-corrected chi connectivity index (χ0v) is 10.2. The number of hydrogen-bond acceptors (Lipinski definition) is 4. The Morgan fingerprint density at radius 2 is 2.53 bits per heavy atom. The van der Waals surface area contributed by atoms with Crippen molar-refractivity contribution in [1.82, 2.24) is 10.2 Å². The van der Waals surface area contributed by atoms with Crippen LogP contribution < -0.4 is 5.73 Å². The molecule has 3 N–H and O–H groups in total. The average molecular weight is 256 g/mol. The van der Waals surface area contributed by atoms with Crippen LogP contribution in [0.2, 0.25) is 5.02 Å². The standard InChI is InChI=1S/C10H14ClN5O/c1-2-5-17-16(10(12)13)15-6-8-3-4-14-7-9(8)11/h3-4,6-7H,2,5H2,1H3,(H3,12,13)/b15-6+. The van der Waals surface area contributed by atoms with Gasteiger partial charge in [-0.2, -0.15) is 5.10 Å². The Kier molecular flexibility index (Phi) is 5.38.